The second-order valence-corrected chi connectivity index (χ2v) is 1.72. The molecule has 41 valence electrons. The molecule has 0 aliphatic heterocycles. The van der Waals surface area contributed by atoms with E-state index in [1.54, 1.807) is 6.92 Å². The van der Waals surface area contributed by atoms with Crippen molar-refractivity contribution in [2.24, 2.45) is 5.92 Å². The summed E-state index contributed by atoms with van der Waals surface area (Å²) in [5.41, 5.74) is 0. The van der Waals surface area contributed by atoms with Crippen molar-refractivity contribution in [1.82, 2.24) is 0 Å². The van der Waals surface area contributed by atoms with Gasteiger partial charge in [-0.2, -0.15) is 0 Å². The van der Waals surface area contributed by atoms with E-state index in [2.05, 4.69) is 6.92 Å². The first-order chi connectivity index (χ1) is 3.18. The maximum Gasteiger partial charge on any atom is 0.132 e. The summed E-state index contributed by atoms with van der Waals surface area (Å²) in [6.07, 6.45) is 0.856. The average molecular weight is 99.2 g/mol. The van der Waals surface area contributed by atoms with Crippen LogP contribution in [-0.4, -0.2) is 5.78 Å². The molecule has 1 atom stereocenters. The minimum Gasteiger partial charge on any atom is -0.300 e. The van der Waals surface area contributed by atoms with Crippen LogP contribution in [0, 0.1) is 12.8 Å². The first-order valence-electron chi connectivity index (χ1n) is 2.52. The van der Waals surface area contributed by atoms with Crippen molar-refractivity contribution in [3.8, 4) is 0 Å². The quantitative estimate of drug-likeness (QED) is 0.512. The summed E-state index contributed by atoms with van der Waals surface area (Å²) in [6.45, 7) is 7.13. The lowest BCUT2D eigenvalue weighted by Gasteiger charge is -1.98. The molecule has 0 bridgehead atoms. The molecule has 0 aromatic carbocycles. The zero-order valence-electron chi connectivity index (χ0n) is 4.90. The van der Waals surface area contributed by atoms with Gasteiger partial charge in [-0.05, 0) is 20.3 Å². The molecule has 1 radical (unpaired) electrons. The molecule has 7 heavy (non-hydrogen) atoms. The fraction of sp³-hybridized carbons (Fsp3) is 0.667. The highest BCUT2D eigenvalue weighted by Crippen LogP contribution is 1.98. The Morgan fingerprint density at radius 2 is 2.29 bits per heavy atom. The minimum absolute atomic E-state index is 0.0139. The van der Waals surface area contributed by atoms with Crippen LogP contribution < -0.4 is 0 Å². The molecule has 0 heterocycles. The molecule has 1 heteroatoms. The van der Waals surface area contributed by atoms with Crippen molar-refractivity contribution in [3.05, 3.63) is 6.92 Å². The van der Waals surface area contributed by atoms with E-state index < -0.39 is 0 Å². The number of hydrogen-bond donors (Lipinski definition) is 0. The lowest BCUT2D eigenvalue weighted by atomic mass is 10.1. The third-order valence-corrected chi connectivity index (χ3v) is 1.07. The summed E-state index contributed by atoms with van der Waals surface area (Å²) in [6, 6.07) is 0. The van der Waals surface area contributed by atoms with E-state index in [0.29, 0.717) is 0 Å². The summed E-state index contributed by atoms with van der Waals surface area (Å²) in [7, 11) is 0. The Hall–Kier alpha value is -0.330. The molecule has 0 saturated heterocycles. The lowest BCUT2D eigenvalue weighted by Crippen LogP contribution is -2.03. The molecule has 0 amide bonds. The Bertz CT molecular complexity index is 66.6. The van der Waals surface area contributed by atoms with Crippen LogP contribution in [0.2, 0.25) is 0 Å². The molecular formula is C6H11O. The summed E-state index contributed by atoms with van der Waals surface area (Å²) in [5, 5.41) is 0. The third-order valence-electron chi connectivity index (χ3n) is 1.07. The fourth-order valence-corrected chi connectivity index (χ4v) is 0.287. The van der Waals surface area contributed by atoms with Crippen LogP contribution in [0.25, 0.3) is 0 Å². The fourth-order valence-electron chi connectivity index (χ4n) is 0.287. The molecule has 0 aromatic rings. The predicted molar refractivity (Wildman–Crippen MR) is 29.8 cm³/mol. The van der Waals surface area contributed by atoms with E-state index in [-0.39, 0.29) is 11.7 Å². The van der Waals surface area contributed by atoms with Crippen molar-refractivity contribution in [2.75, 3.05) is 0 Å². The highest BCUT2D eigenvalue weighted by atomic mass is 16.1. The van der Waals surface area contributed by atoms with E-state index >= 15 is 0 Å². The normalized spacial score (nSPS) is 13.6. The van der Waals surface area contributed by atoms with Gasteiger partial charge in [-0.15, -0.1) is 0 Å². The molecule has 0 spiro atoms. The summed E-state index contributed by atoms with van der Waals surface area (Å²) in [5.74, 6) is 0.197. The Morgan fingerprint density at radius 3 is 2.29 bits per heavy atom. The van der Waals surface area contributed by atoms with Crippen LogP contribution in [-0.2, 0) is 4.79 Å². The topological polar surface area (TPSA) is 17.1 Å². The molecular weight excluding hydrogens is 88.1 g/mol. The largest absolute Gasteiger partial charge is 0.300 e. The Kier molecular flexibility index (Phi) is 2.65. The number of carbonyl (C=O) groups excluding carboxylic acids is 1. The summed E-state index contributed by atoms with van der Waals surface area (Å²) >= 11 is 0. The molecule has 0 aliphatic rings. The zero-order chi connectivity index (χ0) is 5.86. The van der Waals surface area contributed by atoms with Crippen molar-refractivity contribution >= 4 is 5.78 Å². The van der Waals surface area contributed by atoms with Gasteiger partial charge < -0.3 is 0 Å². The summed E-state index contributed by atoms with van der Waals surface area (Å²) in [4.78, 5) is 10.3. The van der Waals surface area contributed by atoms with E-state index in [9.17, 15) is 4.79 Å². The van der Waals surface area contributed by atoms with E-state index in [1.165, 1.54) is 0 Å². The number of rotatable bonds is 2. The number of carbonyl (C=O) groups is 1. The van der Waals surface area contributed by atoms with Gasteiger partial charge in [-0.25, -0.2) is 0 Å². The lowest BCUT2D eigenvalue weighted by molar-refractivity contribution is -0.119. The minimum atomic E-state index is 0.0139. The number of Topliss-reactive ketones (excluding diaryl/α,β-unsaturated/α-hetero) is 1. The second kappa shape index (κ2) is 2.78. The maximum atomic E-state index is 10.3. The molecule has 0 N–H and O–H groups in total. The van der Waals surface area contributed by atoms with Gasteiger partial charge in [-0.1, -0.05) is 6.92 Å². The van der Waals surface area contributed by atoms with Gasteiger partial charge in [0.15, 0.2) is 0 Å². The van der Waals surface area contributed by atoms with Gasteiger partial charge in [0.05, 0.1) is 0 Å². The van der Waals surface area contributed by atoms with Crippen LogP contribution in [0.15, 0.2) is 0 Å². The van der Waals surface area contributed by atoms with Gasteiger partial charge in [0.1, 0.15) is 5.78 Å². The van der Waals surface area contributed by atoms with E-state index in [4.69, 9.17) is 0 Å². The van der Waals surface area contributed by atoms with E-state index in [1.807, 2.05) is 6.92 Å². The number of ketones is 1. The van der Waals surface area contributed by atoms with Gasteiger partial charge >= 0.3 is 0 Å². The van der Waals surface area contributed by atoms with Gasteiger partial charge in [0.25, 0.3) is 0 Å². The van der Waals surface area contributed by atoms with Crippen molar-refractivity contribution in [1.29, 1.82) is 0 Å². The second-order valence-electron chi connectivity index (χ2n) is 1.72. The molecule has 0 aromatic heterocycles. The monoisotopic (exact) mass is 99.1 g/mol. The van der Waals surface area contributed by atoms with Crippen LogP contribution in [0.5, 0.6) is 0 Å². The Balaban J connectivity index is 3.34. The molecule has 1 nitrogen and oxygen atoms in total. The third kappa shape index (κ3) is 2.38. The van der Waals surface area contributed by atoms with Crippen LogP contribution >= 0.6 is 0 Å². The smallest absolute Gasteiger partial charge is 0.132 e. The maximum absolute atomic E-state index is 10.3. The molecule has 1 unspecified atom stereocenters. The van der Waals surface area contributed by atoms with Gasteiger partial charge in [-0.3, -0.25) is 4.79 Å². The van der Waals surface area contributed by atoms with Crippen molar-refractivity contribution < 1.29 is 4.79 Å². The standard InChI is InChI=1S/C6H11O/c1-4-5(2)6(3)7/h5H,2,4H2,1,3H3. The Morgan fingerprint density at radius 1 is 1.86 bits per heavy atom. The predicted octanol–water partition coefficient (Wildman–Crippen LogP) is 1.44. The van der Waals surface area contributed by atoms with E-state index in [0.717, 1.165) is 6.42 Å². The average Bonchev–Trinajstić information content (AvgIpc) is 1.65. The molecule has 0 fully saturated rings. The molecule has 0 saturated carbocycles. The first kappa shape index (κ1) is 6.67. The van der Waals surface area contributed by atoms with Crippen LogP contribution in [0.3, 0.4) is 0 Å². The van der Waals surface area contributed by atoms with Crippen LogP contribution in [0.4, 0.5) is 0 Å². The van der Waals surface area contributed by atoms with Crippen molar-refractivity contribution in [3.63, 3.8) is 0 Å². The van der Waals surface area contributed by atoms with Gasteiger partial charge in [0, 0.05) is 5.92 Å². The van der Waals surface area contributed by atoms with Gasteiger partial charge in [0.2, 0.25) is 0 Å². The van der Waals surface area contributed by atoms with Crippen molar-refractivity contribution in [2.45, 2.75) is 20.3 Å². The highest BCUT2D eigenvalue weighted by Gasteiger charge is 2.01. The molecule has 0 rings (SSSR count). The van der Waals surface area contributed by atoms with Crippen LogP contribution in [0.1, 0.15) is 20.3 Å². The number of hydrogen-bond acceptors (Lipinski definition) is 1. The highest BCUT2D eigenvalue weighted by molar-refractivity contribution is 5.78. The Labute approximate surface area is 44.7 Å². The molecule has 0 aliphatic carbocycles. The summed E-state index contributed by atoms with van der Waals surface area (Å²) < 4.78 is 0. The zero-order valence-corrected chi connectivity index (χ0v) is 4.90. The SMILES string of the molecule is [CH2]C(CC)C(C)=O. The first-order valence-corrected chi connectivity index (χ1v) is 2.52.